The number of carboxylic acids is 2. The number of primary amides is 1. The minimum Gasteiger partial charge on any atom is -0.481 e. The maximum absolute atomic E-state index is 12.5. The molecule has 0 bridgehead atoms. The molecule has 0 saturated heterocycles. The fraction of sp³-hybridized carbons (Fsp3) is 0.667. The summed E-state index contributed by atoms with van der Waals surface area (Å²) < 4.78 is 0. The van der Waals surface area contributed by atoms with Crippen molar-refractivity contribution in [2.75, 3.05) is 0 Å². The summed E-state index contributed by atoms with van der Waals surface area (Å²) in [5.74, 6) is -5.94. The van der Waals surface area contributed by atoms with Gasteiger partial charge in [-0.1, -0.05) is 13.8 Å². The first-order chi connectivity index (χ1) is 14.3. The Balaban J connectivity index is 5.12. The third kappa shape index (κ3) is 10.9. The molecule has 13 nitrogen and oxygen atoms in total. The molecule has 0 saturated carbocycles. The number of carbonyl (C=O) groups excluding carboxylic acids is 4. The fourth-order valence-electron chi connectivity index (χ4n) is 2.42. The smallest absolute Gasteiger partial charge is 0.326 e. The van der Waals surface area contributed by atoms with Gasteiger partial charge in [0, 0.05) is 12.8 Å². The number of carbonyl (C=O) groups is 6. The van der Waals surface area contributed by atoms with Crippen LogP contribution in [0, 0.1) is 5.92 Å². The van der Waals surface area contributed by atoms with E-state index in [0.717, 1.165) is 0 Å². The Hall–Kier alpha value is -3.22. The van der Waals surface area contributed by atoms with E-state index in [1.165, 1.54) is 6.92 Å². The van der Waals surface area contributed by atoms with Crippen LogP contribution in [0.1, 0.15) is 46.5 Å². The third-order valence-corrected chi connectivity index (χ3v) is 4.30. The van der Waals surface area contributed by atoms with Gasteiger partial charge in [0.15, 0.2) is 0 Å². The molecule has 4 unspecified atom stereocenters. The second-order valence-electron chi connectivity index (χ2n) is 7.40. The van der Waals surface area contributed by atoms with Crippen molar-refractivity contribution in [3.8, 4) is 0 Å². The monoisotopic (exact) mass is 445 g/mol. The van der Waals surface area contributed by atoms with Crippen molar-refractivity contribution >= 4 is 35.6 Å². The van der Waals surface area contributed by atoms with E-state index in [9.17, 15) is 28.8 Å². The number of carboxylic acid groups (broad SMARTS) is 2. The van der Waals surface area contributed by atoms with Crippen LogP contribution in [0.25, 0.3) is 0 Å². The van der Waals surface area contributed by atoms with Crippen LogP contribution in [-0.4, -0.2) is 69.9 Å². The number of nitrogens with one attached hydrogen (secondary N) is 3. The number of rotatable bonds is 14. The molecule has 0 aromatic rings. The van der Waals surface area contributed by atoms with Crippen LogP contribution < -0.4 is 27.4 Å². The first-order valence-electron chi connectivity index (χ1n) is 9.65. The fourth-order valence-corrected chi connectivity index (χ4v) is 2.42. The average Bonchev–Trinajstić information content (AvgIpc) is 2.65. The zero-order valence-corrected chi connectivity index (χ0v) is 17.7. The maximum Gasteiger partial charge on any atom is 0.326 e. The molecule has 0 radical (unpaired) electrons. The maximum atomic E-state index is 12.5. The quantitative estimate of drug-likeness (QED) is 0.151. The number of nitrogens with two attached hydrogens (primary N) is 2. The molecule has 0 aliphatic heterocycles. The topological polar surface area (TPSA) is 231 Å². The molecule has 4 atom stereocenters. The summed E-state index contributed by atoms with van der Waals surface area (Å²) in [6.45, 7) is 4.50. The van der Waals surface area contributed by atoms with Crippen molar-refractivity contribution in [2.24, 2.45) is 17.4 Å². The molecule has 0 aromatic carbocycles. The largest absolute Gasteiger partial charge is 0.481 e. The summed E-state index contributed by atoms with van der Waals surface area (Å²) in [5.41, 5.74) is 10.6. The number of hydrogen-bond donors (Lipinski definition) is 7. The Labute approximate surface area is 179 Å². The highest BCUT2D eigenvalue weighted by Gasteiger charge is 2.29. The normalized spacial score (nSPS) is 14.6. The number of hydrogen-bond acceptors (Lipinski definition) is 7. The summed E-state index contributed by atoms with van der Waals surface area (Å²) >= 11 is 0. The molecule has 4 amide bonds. The van der Waals surface area contributed by atoms with Crippen LogP contribution in [-0.2, 0) is 28.8 Å². The minimum atomic E-state index is -1.32. The Kier molecular flexibility index (Phi) is 11.8. The summed E-state index contributed by atoms with van der Waals surface area (Å²) in [4.78, 5) is 69.8. The second kappa shape index (κ2) is 13.2. The Morgan fingerprint density at radius 1 is 0.806 bits per heavy atom. The second-order valence-corrected chi connectivity index (χ2v) is 7.40. The van der Waals surface area contributed by atoms with Gasteiger partial charge in [0.1, 0.15) is 18.1 Å². The van der Waals surface area contributed by atoms with E-state index >= 15 is 0 Å². The minimum absolute atomic E-state index is 0.0704. The van der Waals surface area contributed by atoms with Crippen molar-refractivity contribution in [1.29, 1.82) is 0 Å². The standard InChI is InChI=1S/C18H31N5O8/c1-8(2)14(18(30)31)23-15(27)9(3)21-17(29)11(5-7-13(25)26)22-16(28)10(19)4-6-12(20)24/h8-11,14H,4-7,19H2,1-3H3,(H2,20,24)(H,21,29)(H,22,28)(H,23,27)(H,25,26)(H,30,31). The van der Waals surface area contributed by atoms with Gasteiger partial charge >= 0.3 is 11.9 Å². The lowest BCUT2D eigenvalue weighted by molar-refractivity contribution is -0.143. The highest BCUT2D eigenvalue weighted by Crippen LogP contribution is 2.04. The van der Waals surface area contributed by atoms with Crippen molar-refractivity contribution in [3.05, 3.63) is 0 Å². The van der Waals surface area contributed by atoms with E-state index in [1.807, 2.05) is 0 Å². The van der Waals surface area contributed by atoms with Crippen LogP contribution in [0.4, 0.5) is 0 Å². The molecule has 0 fully saturated rings. The predicted molar refractivity (Wildman–Crippen MR) is 107 cm³/mol. The van der Waals surface area contributed by atoms with Gasteiger partial charge in [-0.25, -0.2) is 4.79 Å². The highest BCUT2D eigenvalue weighted by molar-refractivity contribution is 5.94. The van der Waals surface area contributed by atoms with Crippen molar-refractivity contribution in [2.45, 2.75) is 70.6 Å². The summed E-state index contributed by atoms with van der Waals surface area (Å²) in [7, 11) is 0. The van der Waals surface area contributed by atoms with Crippen molar-refractivity contribution < 1.29 is 39.0 Å². The number of aliphatic carboxylic acids is 2. The molecule has 31 heavy (non-hydrogen) atoms. The molecule has 0 aromatic heterocycles. The van der Waals surface area contributed by atoms with Crippen LogP contribution >= 0.6 is 0 Å². The lowest BCUT2D eigenvalue weighted by Crippen LogP contribution is -2.56. The first kappa shape index (κ1) is 27.8. The van der Waals surface area contributed by atoms with E-state index in [2.05, 4.69) is 16.0 Å². The Morgan fingerprint density at radius 2 is 1.39 bits per heavy atom. The molecule has 0 rings (SSSR count). The van der Waals surface area contributed by atoms with Gasteiger partial charge in [-0.05, 0) is 25.7 Å². The molecule has 0 aliphatic rings. The SMILES string of the molecule is CC(NC(=O)C(CCC(=O)O)NC(=O)C(N)CCC(N)=O)C(=O)NC(C(=O)O)C(C)C. The predicted octanol–water partition coefficient (Wildman–Crippen LogP) is -2.34. The van der Waals surface area contributed by atoms with Gasteiger partial charge in [-0.3, -0.25) is 24.0 Å². The summed E-state index contributed by atoms with van der Waals surface area (Å²) in [6, 6.07) is -4.81. The molecule has 0 aliphatic carbocycles. The zero-order chi connectivity index (χ0) is 24.3. The highest BCUT2D eigenvalue weighted by atomic mass is 16.4. The number of amides is 4. The zero-order valence-electron chi connectivity index (χ0n) is 17.7. The van der Waals surface area contributed by atoms with Crippen LogP contribution in [0.15, 0.2) is 0 Å². The van der Waals surface area contributed by atoms with E-state index in [4.69, 9.17) is 21.7 Å². The molecule has 176 valence electrons. The van der Waals surface area contributed by atoms with E-state index < -0.39 is 72.1 Å². The first-order valence-corrected chi connectivity index (χ1v) is 9.65. The van der Waals surface area contributed by atoms with E-state index in [1.54, 1.807) is 13.8 Å². The molecule has 9 N–H and O–H groups in total. The van der Waals surface area contributed by atoms with Gasteiger partial charge in [0.25, 0.3) is 0 Å². The average molecular weight is 445 g/mol. The van der Waals surface area contributed by atoms with Crippen LogP contribution in [0.5, 0.6) is 0 Å². The van der Waals surface area contributed by atoms with Gasteiger partial charge in [0.05, 0.1) is 6.04 Å². The molecular formula is C18H31N5O8. The Bertz CT molecular complexity index is 696. The van der Waals surface area contributed by atoms with Crippen LogP contribution in [0.2, 0.25) is 0 Å². The van der Waals surface area contributed by atoms with Gasteiger partial charge in [-0.2, -0.15) is 0 Å². The molecule has 0 spiro atoms. The summed E-state index contributed by atoms with van der Waals surface area (Å²) in [5, 5.41) is 24.9. The van der Waals surface area contributed by atoms with E-state index in [-0.39, 0.29) is 19.3 Å². The van der Waals surface area contributed by atoms with Crippen molar-refractivity contribution in [1.82, 2.24) is 16.0 Å². The third-order valence-electron chi connectivity index (χ3n) is 4.30. The van der Waals surface area contributed by atoms with Gasteiger partial charge in [-0.15, -0.1) is 0 Å². The molecule has 13 heteroatoms. The molecular weight excluding hydrogens is 414 g/mol. The molecule has 0 heterocycles. The Morgan fingerprint density at radius 3 is 1.84 bits per heavy atom. The van der Waals surface area contributed by atoms with Crippen molar-refractivity contribution in [3.63, 3.8) is 0 Å². The van der Waals surface area contributed by atoms with Gasteiger partial charge in [0.2, 0.25) is 23.6 Å². The lowest BCUT2D eigenvalue weighted by Gasteiger charge is -2.24. The summed E-state index contributed by atoms with van der Waals surface area (Å²) in [6.07, 6.45) is -0.963. The lowest BCUT2D eigenvalue weighted by atomic mass is 10.0. The van der Waals surface area contributed by atoms with Gasteiger partial charge < -0.3 is 37.6 Å². The van der Waals surface area contributed by atoms with E-state index in [0.29, 0.717) is 0 Å². The van der Waals surface area contributed by atoms with Crippen LogP contribution in [0.3, 0.4) is 0 Å².